The number of carbonyl (C=O) groups excluding carboxylic acids is 3. The van der Waals surface area contributed by atoms with Gasteiger partial charge in [-0.1, -0.05) is 19.9 Å². The zero-order chi connectivity index (χ0) is 27.2. The quantitative estimate of drug-likeness (QED) is 0.496. The molecule has 9 heteroatoms. The largest absolute Gasteiger partial charge is 0.508 e. The van der Waals surface area contributed by atoms with Gasteiger partial charge in [-0.05, 0) is 81.1 Å². The molecule has 0 radical (unpaired) electrons. The van der Waals surface area contributed by atoms with Crippen LogP contribution in [-0.2, 0) is 14.3 Å². The maximum atomic E-state index is 13.6. The van der Waals surface area contributed by atoms with E-state index < -0.39 is 35.6 Å². The number of phenolic OH excluding ortho intramolecular Hbond substituents is 1. The molecule has 0 saturated carbocycles. The highest BCUT2D eigenvalue weighted by atomic mass is 16.6. The second kappa shape index (κ2) is 11.8. The van der Waals surface area contributed by atoms with Crippen LogP contribution >= 0.6 is 0 Å². The Bertz CT molecular complexity index is 1080. The number of aryl methyl sites for hydroxylation is 1. The molecule has 9 nitrogen and oxygen atoms in total. The summed E-state index contributed by atoms with van der Waals surface area (Å²) >= 11 is 0. The number of anilines is 1. The lowest BCUT2D eigenvalue weighted by atomic mass is 9.98. The molecule has 0 aliphatic rings. The number of amides is 3. The third-order valence-corrected chi connectivity index (χ3v) is 5.48. The van der Waals surface area contributed by atoms with Crippen LogP contribution in [0.2, 0.25) is 0 Å². The maximum absolute atomic E-state index is 13.6. The second-order valence-electron chi connectivity index (χ2n) is 9.98. The number of phenols is 1. The number of hydrogen-bond acceptors (Lipinski definition) is 6. The molecule has 36 heavy (non-hydrogen) atoms. The lowest BCUT2D eigenvalue weighted by Gasteiger charge is -2.33. The second-order valence-corrected chi connectivity index (χ2v) is 9.98. The van der Waals surface area contributed by atoms with E-state index in [1.807, 2.05) is 0 Å². The lowest BCUT2D eigenvalue weighted by molar-refractivity contribution is -0.140. The van der Waals surface area contributed by atoms with Gasteiger partial charge in [0.1, 0.15) is 29.2 Å². The van der Waals surface area contributed by atoms with E-state index in [4.69, 9.17) is 9.47 Å². The number of aromatic hydroxyl groups is 1. The van der Waals surface area contributed by atoms with Gasteiger partial charge in [0, 0.05) is 12.7 Å². The van der Waals surface area contributed by atoms with Crippen LogP contribution in [0.25, 0.3) is 0 Å². The number of ether oxygens (including phenoxy) is 2. The molecular formula is C27H37N3O6. The zero-order valence-electron chi connectivity index (χ0n) is 22.2. The smallest absolute Gasteiger partial charge is 0.408 e. The normalized spacial score (nSPS) is 12.9. The third kappa shape index (κ3) is 7.63. The molecule has 0 fully saturated rings. The predicted octanol–water partition coefficient (Wildman–Crippen LogP) is 4.40. The minimum atomic E-state index is -1.04. The lowest BCUT2D eigenvalue weighted by Crippen LogP contribution is -2.53. The summed E-state index contributed by atoms with van der Waals surface area (Å²) in [5.74, 6) is -0.482. The number of benzene rings is 2. The Morgan fingerprint density at radius 1 is 1.03 bits per heavy atom. The van der Waals surface area contributed by atoms with Gasteiger partial charge in [0.2, 0.25) is 5.91 Å². The fraction of sp³-hybridized carbons (Fsp3) is 0.444. The zero-order valence-corrected chi connectivity index (χ0v) is 22.2. The fourth-order valence-corrected chi connectivity index (χ4v) is 3.58. The molecule has 2 aromatic carbocycles. The van der Waals surface area contributed by atoms with Crippen molar-refractivity contribution in [3.8, 4) is 11.5 Å². The van der Waals surface area contributed by atoms with Crippen molar-refractivity contribution >= 4 is 23.6 Å². The Morgan fingerprint density at radius 3 is 2.14 bits per heavy atom. The number of rotatable bonds is 8. The van der Waals surface area contributed by atoms with Crippen LogP contribution in [0.1, 0.15) is 51.8 Å². The van der Waals surface area contributed by atoms with Gasteiger partial charge in [-0.15, -0.1) is 0 Å². The molecule has 2 atom stereocenters. The molecule has 0 bridgehead atoms. The summed E-state index contributed by atoms with van der Waals surface area (Å²) in [5.41, 5.74) is 0.856. The molecule has 0 aliphatic heterocycles. The van der Waals surface area contributed by atoms with Gasteiger partial charge in [0.25, 0.3) is 5.91 Å². The van der Waals surface area contributed by atoms with Gasteiger partial charge in [-0.2, -0.15) is 0 Å². The van der Waals surface area contributed by atoms with Crippen molar-refractivity contribution in [3.05, 3.63) is 53.6 Å². The SMILES string of the molecule is COc1ccc(NC(=O)C(c2ccc(O)c(C)c2)N(C)C(=O)C(NC(=O)OC(C)(C)C)C(C)C)cc1. The fourth-order valence-electron chi connectivity index (χ4n) is 3.58. The van der Waals surface area contributed by atoms with Crippen LogP contribution in [0.4, 0.5) is 10.5 Å². The van der Waals surface area contributed by atoms with Gasteiger partial charge in [-0.3, -0.25) is 9.59 Å². The van der Waals surface area contributed by atoms with E-state index in [9.17, 15) is 19.5 Å². The van der Waals surface area contributed by atoms with Gasteiger partial charge in [0.05, 0.1) is 7.11 Å². The number of nitrogens with one attached hydrogen (secondary N) is 2. The van der Waals surface area contributed by atoms with Crippen molar-refractivity contribution in [2.75, 3.05) is 19.5 Å². The van der Waals surface area contributed by atoms with Gasteiger partial charge < -0.3 is 30.1 Å². The monoisotopic (exact) mass is 499 g/mol. The Kier molecular flexibility index (Phi) is 9.33. The van der Waals surface area contributed by atoms with E-state index >= 15 is 0 Å². The number of nitrogens with zero attached hydrogens (tertiary/aromatic N) is 1. The molecule has 0 spiro atoms. The summed E-state index contributed by atoms with van der Waals surface area (Å²) in [6.45, 7) is 10.5. The molecule has 2 unspecified atom stereocenters. The number of carbonyl (C=O) groups is 3. The van der Waals surface area contributed by atoms with Crippen molar-refractivity contribution in [1.82, 2.24) is 10.2 Å². The van der Waals surface area contributed by atoms with Gasteiger partial charge >= 0.3 is 6.09 Å². The molecule has 0 aliphatic carbocycles. The Morgan fingerprint density at radius 2 is 1.64 bits per heavy atom. The average Bonchev–Trinajstić information content (AvgIpc) is 2.78. The minimum Gasteiger partial charge on any atom is -0.508 e. The third-order valence-electron chi connectivity index (χ3n) is 5.48. The first-order valence-electron chi connectivity index (χ1n) is 11.7. The summed E-state index contributed by atoms with van der Waals surface area (Å²) in [4.78, 5) is 40.8. The van der Waals surface area contributed by atoms with E-state index in [0.29, 0.717) is 22.6 Å². The highest BCUT2D eigenvalue weighted by Crippen LogP contribution is 2.28. The van der Waals surface area contributed by atoms with Crippen molar-refractivity contribution in [2.24, 2.45) is 5.92 Å². The number of hydrogen-bond donors (Lipinski definition) is 3. The van der Waals surface area contributed by atoms with Crippen LogP contribution in [0.15, 0.2) is 42.5 Å². The van der Waals surface area contributed by atoms with Crippen LogP contribution in [0.3, 0.4) is 0 Å². The molecule has 0 aromatic heterocycles. The molecule has 3 N–H and O–H groups in total. The van der Waals surface area contributed by atoms with Crippen molar-refractivity contribution in [2.45, 2.75) is 59.2 Å². The van der Waals surface area contributed by atoms with Crippen molar-refractivity contribution in [1.29, 1.82) is 0 Å². The van der Waals surface area contributed by atoms with Gasteiger partial charge in [0.15, 0.2) is 0 Å². The minimum absolute atomic E-state index is 0.0775. The van der Waals surface area contributed by atoms with Crippen molar-refractivity contribution in [3.63, 3.8) is 0 Å². The molecule has 2 rings (SSSR count). The molecule has 2 aromatic rings. The van der Waals surface area contributed by atoms with E-state index in [0.717, 1.165) is 0 Å². The summed E-state index contributed by atoms with van der Waals surface area (Å²) in [6, 6.07) is 9.57. The van der Waals surface area contributed by atoms with Crippen LogP contribution in [0, 0.1) is 12.8 Å². The first kappa shape index (κ1) is 28.5. The average molecular weight is 500 g/mol. The van der Waals surface area contributed by atoms with E-state index in [1.165, 1.54) is 18.0 Å². The first-order chi connectivity index (χ1) is 16.7. The van der Waals surface area contributed by atoms with E-state index in [2.05, 4.69) is 10.6 Å². The molecule has 0 saturated heterocycles. The Labute approximate surface area is 212 Å². The number of alkyl carbamates (subject to hydrolysis) is 1. The van der Waals surface area contributed by atoms with Crippen LogP contribution in [-0.4, -0.2) is 53.7 Å². The summed E-state index contributed by atoms with van der Waals surface area (Å²) in [7, 11) is 3.06. The first-order valence-corrected chi connectivity index (χ1v) is 11.7. The number of methoxy groups -OCH3 is 1. The Hall–Kier alpha value is -3.75. The Balaban J connectivity index is 2.39. The topological polar surface area (TPSA) is 117 Å². The van der Waals surface area contributed by atoms with Gasteiger partial charge in [-0.25, -0.2) is 4.79 Å². The maximum Gasteiger partial charge on any atom is 0.408 e. The molecule has 3 amide bonds. The molecule has 0 heterocycles. The highest BCUT2D eigenvalue weighted by molar-refractivity contribution is 5.99. The summed E-state index contributed by atoms with van der Waals surface area (Å²) < 4.78 is 10.5. The predicted molar refractivity (Wildman–Crippen MR) is 138 cm³/mol. The van der Waals surface area contributed by atoms with E-state index in [-0.39, 0.29) is 11.7 Å². The van der Waals surface area contributed by atoms with Crippen LogP contribution < -0.4 is 15.4 Å². The molecular weight excluding hydrogens is 462 g/mol. The van der Waals surface area contributed by atoms with E-state index in [1.54, 1.807) is 85.1 Å². The summed E-state index contributed by atoms with van der Waals surface area (Å²) in [6.07, 6.45) is -0.720. The number of likely N-dealkylation sites (N-methyl/N-ethyl adjacent to an activating group) is 1. The summed E-state index contributed by atoms with van der Waals surface area (Å²) in [5, 5.41) is 15.5. The van der Waals surface area contributed by atoms with Crippen LogP contribution in [0.5, 0.6) is 11.5 Å². The standard InChI is InChI=1S/C27H37N3O6/c1-16(2)22(29-26(34)36-27(4,5)6)25(33)30(7)23(18-9-14-21(31)17(3)15-18)24(32)28-19-10-12-20(35-8)13-11-19/h9-16,22-23,31H,1-8H3,(H,28,32)(H,29,34). The highest BCUT2D eigenvalue weighted by Gasteiger charge is 2.35. The molecule has 196 valence electrons. The van der Waals surface area contributed by atoms with Crippen molar-refractivity contribution < 1.29 is 29.0 Å².